The van der Waals surface area contributed by atoms with E-state index in [1.807, 2.05) is 32.0 Å². The second-order valence-corrected chi connectivity index (χ2v) is 3.67. The van der Waals surface area contributed by atoms with Gasteiger partial charge < -0.3 is 4.74 Å². The quantitative estimate of drug-likeness (QED) is 0.754. The molecule has 2 heteroatoms. The SMILES string of the molecule is CC.CC(OCc1ccccn1)C1CC1. The van der Waals surface area contributed by atoms with E-state index >= 15 is 0 Å². The molecular weight excluding hydrogens is 186 g/mol. The fourth-order valence-electron chi connectivity index (χ4n) is 1.40. The molecule has 1 saturated carbocycles. The third kappa shape index (κ3) is 4.43. The van der Waals surface area contributed by atoms with Crippen molar-refractivity contribution in [2.75, 3.05) is 0 Å². The van der Waals surface area contributed by atoms with Gasteiger partial charge in [-0.3, -0.25) is 4.98 Å². The Labute approximate surface area is 92.7 Å². The lowest BCUT2D eigenvalue weighted by Crippen LogP contribution is -2.10. The molecule has 1 aromatic heterocycles. The van der Waals surface area contributed by atoms with Crippen molar-refractivity contribution in [3.63, 3.8) is 0 Å². The van der Waals surface area contributed by atoms with Gasteiger partial charge in [0.05, 0.1) is 18.4 Å². The van der Waals surface area contributed by atoms with Crippen LogP contribution < -0.4 is 0 Å². The summed E-state index contributed by atoms with van der Waals surface area (Å²) >= 11 is 0. The van der Waals surface area contributed by atoms with Crippen LogP contribution in [0.1, 0.15) is 39.3 Å². The third-order valence-corrected chi connectivity index (χ3v) is 2.51. The normalized spacial score (nSPS) is 16.5. The minimum atomic E-state index is 0.405. The zero-order valence-corrected chi connectivity index (χ0v) is 9.94. The van der Waals surface area contributed by atoms with Crippen LogP contribution >= 0.6 is 0 Å². The Kier molecular flexibility index (Phi) is 5.33. The summed E-state index contributed by atoms with van der Waals surface area (Å²) in [7, 11) is 0. The summed E-state index contributed by atoms with van der Waals surface area (Å²) in [4.78, 5) is 4.21. The van der Waals surface area contributed by atoms with Crippen molar-refractivity contribution in [3.8, 4) is 0 Å². The van der Waals surface area contributed by atoms with E-state index in [0.717, 1.165) is 11.6 Å². The highest BCUT2D eigenvalue weighted by molar-refractivity contribution is 5.02. The van der Waals surface area contributed by atoms with Crippen LogP contribution in [0.2, 0.25) is 0 Å². The number of rotatable bonds is 4. The molecule has 1 atom stereocenters. The van der Waals surface area contributed by atoms with Crippen LogP contribution in [0.5, 0.6) is 0 Å². The summed E-state index contributed by atoms with van der Waals surface area (Å²) in [5.74, 6) is 0.809. The van der Waals surface area contributed by atoms with Gasteiger partial charge in [0, 0.05) is 6.20 Å². The van der Waals surface area contributed by atoms with Crippen LogP contribution in [0.3, 0.4) is 0 Å². The molecule has 0 spiro atoms. The van der Waals surface area contributed by atoms with E-state index < -0.39 is 0 Å². The van der Waals surface area contributed by atoms with Gasteiger partial charge in [0.2, 0.25) is 0 Å². The molecule has 1 fully saturated rings. The van der Waals surface area contributed by atoms with Crippen molar-refractivity contribution >= 4 is 0 Å². The van der Waals surface area contributed by atoms with Gasteiger partial charge in [-0.05, 0) is 37.8 Å². The molecule has 0 bridgehead atoms. The minimum Gasteiger partial charge on any atom is -0.372 e. The summed E-state index contributed by atoms with van der Waals surface area (Å²) in [5.41, 5.74) is 1.02. The molecule has 0 amide bonds. The summed E-state index contributed by atoms with van der Waals surface area (Å²) in [6, 6.07) is 5.92. The maximum Gasteiger partial charge on any atom is 0.0891 e. The van der Waals surface area contributed by atoms with E-state index in [1.165, 1.54) is 12.8 Å². The number of pyridine rings is 1. The molecule has 1 unspecified atom stereocenters. The minimum absolute atomic E-state index is 0.405. The zero-order valence-electron chi connectivity index (χ0n) is 9.94. The second kappa shape index (κ2) is 6.57. The Morgan fingerprint density at radius 1 is 1.40 bits per heavy atom. The molecule has 84 valence electrons. The molecule has 1 aromatic rings. The van der Waals surface area contributed by atoms with Crippen LogP contribution in [0, 0.1) is 5.92 Å². The molecule has 0 saturated heterocycles. The van der Waals surface area contributed by atoms with Gasteiger partial charge in [-0.2, -0.15) is 0 Å². The standard InChI is InChI=1S/C11H15NO.C2H6/c1-9(10-5-6-10)13-8-11-4-2-3-7-12-11;1-2/h2-4,7,9-10H,5-6,8H2,1H3;1-2H3. The molecular formula is C13H21NO. The first-order valence-electron chi connectivity index (χ1n) is 5.88. The maximum atomic E-state index is 5.69. The third-order valence-electron chi connectivity index (χ3n) is 2.51. The Bertz CT molecular complexity index is 256. The fraction of sp³-hybridized carbons (Fsp3) is 0.615. The summed E-state index contributed by atoms with van der Waals surface area (Å²) in [5, 5.41) is 0. The Hall–Kier alpha value is -0.890. The van der Waals surface area contributed by atoms with Crippen LogP contribution in [0.4, 0.5) is 0 Å². The van der Waals surface area contributed by atoms with Gasteiger partial charge in [-0.1, -0.05) is 19.9 Å². The van der Waals surface area contributed by atoms with E-state index in [2.05, 4.69) is 11.9 Å². The van der Waals surface area contributed by atoms with Gasteiger partial charge in [-0.25, -0.2) is 0 Å². The molecule has 1 aliphatic carbocycles. The van der Waals surface area contributed by atoms with Gasteiger partial charge >= 0.3 is 0 Å². The Balaban J connectivity index is 0.000000531. The Morgan fingerprint density at radius 3 is 2.67 bits per heavy atom. The average Bonchev–Trinajstić information content (AvgIpc) is 3.14. The predicted molar refractivity (Wildman–Crippen MR) is 62.6 cm³/mol. The molecule has 0 radical (unpaired) electrons. The highest BCUT2D eigenvalue weighted by Gasteiger charge is 2.28. The predicted octanol–water partition coefficient (Wildman–Crippen LogP) is 3.42. The van der Waals surface area contributed by atoms with Gasteiger partial charge in [0.1, 0.15) is 0 Å². The van der Waals surface area contributed by atoms with E-state index in [4.69, 9.17) is 4.74 Å². The first-order chi connectivity index (χ1) is 7.36. The first-order valence-corrected chi connectivity index (χ1v) is 5.88. The van der Waals surface area contributed by atoms with Gasteiger partial charge in [-0.15, -0.1) is 0 Å². The maximum absolute atomic E-state index is 5.69. The second-order valence-electron chi connectivity index (χ2n) is 3.67. The van der Waals surface area contributed by atoms with E-state index in [-0.39, 0.29) is 0 Å². The molecule has 2 rings (SSSR count). The molecule has 1 heterocycles. The van der Waals surface area contributed by atoms with Gasteiger partial charge in [0.25, 0.3) is 0 Å². The zero-order chi connectivity index (χ0) is 11.1. The summed E-state index contributed by atoms with van der Waals surface area (Å²) in [6.45, 7) is 6.80. The molecule has 0 N–H and O–H groups in total. The monoisotopic (exact) mass is 207 g/mol. The molecule has 15 heavy (non-hydrogen) atoms. The lowest BCUT2D eigenvalue weighted by Gasteiger charge is -2.10. The average molecular weight is 207 g/mol. The van der Waals surface area contributed by atoms with E-state index in [1.54, 1.807) is 6.20 Å². The number of ether oxygens (including phenoxy) is 1. The Morgan fingerprint density at radius 2 is 2.13 bits per heavy atom. The summed E-state index contributed by atoms with van der Waals surface area (Å²) < 4.78 is 5.69. The smallest absolute Gasteiger partial charge is 0.0891 e. The van der Waals surface area contributed by atoms with Crippen molar-refractivity contribution in [1.29, 1.82) is 0 Å². The molecule has 2 nitrogen and oxygen atoms in total. The van der Waals surface area contributed by atoms with E-state index in [9.17, 15) is 0 Å². The summed E-state index contributed by atoms with van der Waals surface area (Å²) in [6.07, 6.45) is 4.88. The van der Waals surface area contributed by atoms with Crippen LogP contribution in [-0.4, -0.2) is 11.1 Å². The fourth-order valence-corrected chi connectivity index (χ4v) is 1.40. The topological polar surface area (TPSA) is 22.1 Å². The lowest BCUT2D eigenvalue weighted by molar-refractivity contribution is 0.0369. The number of nitrogens with zero attached hydrogens (tertiary/aromatic N) is 1. The van der Waals surface area contributed by atoms with Crippen molar-refractivity contribution in [2.24, 2.45) is 5.92 Å². The van der Waals surface area contributed by atoms with Crippen molar-refractivity contribution in [3.05, 3.63) is 30.1 Å². The van der Waals surface area contributed by atoms with Crippen molar-refractivity contribution in [2.45, 2.75) is 46.3 Å². The largest absolute Gasteiger partial charge is 0.372 e. The number of hydrogen-bond donors (Lipinski definition) is 0. The number of aromatic nitrogens is 1. The van der Waals surface area contributed by atoms with Crippen LogP contribution in [0.25, 0.3) is 0 Å². The number of hydrogen-bond acceptors (Lipinski definition) is 2. The molecule has 0 aliphatic heterocycles. The van der Waals surface area contributed by atoms with Crippen molar-refractivity contribution in [1.82, 2.24) is 4.98 Å². The lowest BCUT2D eigenvalue weighted by atomic mass is 10.3. The highest BCUT2D eigenvalue weighted by Crippen LogP contribution is 2.34. The first kappa shape index (κ1) is 12.2. The van der Waals surface area contributed by atoms with Crippen LogP contribution in [-0.2, 0) is 11.3 Å². The molecule has 0 aromatic carbocycles. The van der Waals surface area contributed by atoms with Crippen molar-refractivity contribution < 1.29 is 4.74 Å². The van der Waals surface area contributed by atoms with Gasteiger partial charge in [0.15, 0.2) is 0 Å². The highest BCUT2D eigenvalue weighted by atomic mass is 16.5. The van der Waals surface area contributed by atoms with Crippen LogP contribution in [0.15, 0.2) is 24.4 Å². The van der Waals surface area contributed by atoms with E-state index in [0.29, 0.717) is 12.7 Å². The molecule has 1 aliphatic rings.